The molecule has 1 aromatic heterocycles. The highest BCUT2D eigenvalue weighted by molar-refractivity contribution is 5.99. The Morgan fingerprint density at radius 3 is 2.52 bits per heavy atom. The molecule has 0 aliphatic carbocycles. The molecule has 150 valence electrons. The zero-order valence-corrected chi connectivity index (χ0v) is 16.5. The van der Waals surface area contributed by atoms with Gasteiger partial charge in [-0.2, -0.15) is 0 Å². The zero-order chi connectivity index (χ0) is 20.8. The van der Waals surface area contributed by atoms with E-state index >= 15 is 0 Å². The van der Waals surface area contributed by atoms with E-state index in [0.29, 0.717) is 35.4 Å². The summed E-state index contributed by atoms with van der Waals surface area (Å²) < 4.78 is 46.9. The molecule has 0 N–H and O–H groups in total. The molecule has 0 spiro atoms. The number of aryl methyl sites for hydroxylation is 1. The number of benzene rings is 2. The van der Waals surface area contributed by atoms with E-state index in [0.717, 1.165) is 11.6 Å². The molecule has 3 nitrogen and oxygen atoms in total. The van der Waals surface area contributed by atoms with Crippen LogP contribution in [0.15, 0.2) is 47.5 Å². The molecule has 1 unspecified atom stereocenters. The van der Waals surface area contributed by atoms with Gasteiger partial charge in [-0.05, 0) is 63.1 Å². The topological polar surface area (TPSA) is 34.5 Å². The SMILES string of the molecule is Cc1nc2c(F)c(F)ccc2cc1C1=NC(Cc2ccc(F)cc2)CC(C)(C)O1. The summed E-state index contributed by atoms with van der Waals surface area (Å²) in [6.07, 6.45) is 1.35. The third kappa shape index (κ3) is 3.97. The van der Waals surface area contributed by atoms with E-state index in [1.165, 1.54) is 18.2 Å². The van der Waals surface area contributed by atoms with Crippen molar-refractivity contribution in [3.63, 3.8) is 0 Å². The minimum atomic E-state index is -0.960. The zero-order valence-electron chi connectivity index (χ0n) is 16.5. The monoisotopic (exact) mass is 398 g/mol. The Morgan fingerprint density at radius 1 is 1.07 bits per heavy atom. The molecular formula is C23H21F3N2O. The van der Waals surface area contributed by atoms with Gasteiger partial charge in [0.2, 0.25) is 5.90 Å². The first kappa shape index (κ1) is 19.4. The molecule has 2 heterocycles. The summed E-state index contributed by atoms with van der Waals surface area (Å²) in [5, 5.41) is 0.481. The number of hydrogen-bond donors (Lipinski definition) is 0. The van der Waals surface area contributed by atoms with Crippen molar-refractivity contribution in [2.24, 2.45) is 4.99 Å². The lowest BCUT2D eigenvalue weighted by atomic mass is 9.92. The Morgan fingerprint density at radius 2 is 1.79 bits per heavy atom. The molecule has 6 heteroatoms. The number of halogens is 3. The van der Waals surface area contributed by atoms with Crippen LogP contribution in [0.2, 0.25) is 0 Å². The van der Waals surface area contributed by atoms with Crippen molar-refractivity contribution in [1.29, 1.82) is 0 Å². The highest BCUT2D eigenvalue weighted by Gasteiger charge is 2.33. The average Bonchev–Trinajstić information content (AvgIpc) is 2.65. The predicted octanol–water partition coefficient (Wildman–Crippen LogP) is 5.52. The molecule has 4 rings (SSSR count). The summed E-state index contributed by atoms with van der Waals surface area (Å²) in [4.78, 5) is 9.03. The lowest BCUT2D eigenvalue weighted by molar-refractivity contribution is 0.0633. The van der Waals surface area contributed by atoms with Crippen molar-refractivity contribution in [2.75, 3.05) is 0 Å². The maximum atomic E-state index is 14.1. The molecule has 2 aromatic carbocycles. The van der Waals surface area contributed by atoms with E-state index in [1.807, 2.05) is 13.8 Å². The quantitative estimate of drug-likeness (QED) is 0.582. The van der Waals surface area contributed by atoms with Crippen LogP contribution in [0.3, 0.4) is 0 Å². The normalized spacial score (nSPS) is 18.4. The van der Waals surface area contributed by atoms with Gasteiger partial charge in [-0.3, -0.25) is 0 Å². The largest absolute Gasteiger partial charge is 0.471 e. The second-order valence-electron chi connectivity index (χ2n) is 8.04. The lowest BCUT2D eigenvalue weighted by Crippen LogP contribution is -2.38. The Hall–Kier alpha value is -2.89. The van der Waals surface area contributed by atoms with Gasteiger partial charge in [-0.15, -0.1) is 0 Å². The van der Waals surface area contributed by atoms with Gasteiger partial charge in [-0.1, -0.05) is 12.1 Å². The first-order valence-corrected chi connectivity index (χ1v) is 9.49. The molecule has 1 aliphatic rings. The summed E-state index contributed by atoms with van der Waals surface area (Å²) in [5.74, 6) is -1.72. The first-order valence-electron chi connectivity index (χ1n) is 9.49. The molecule has 1 aliphatic heterocycles. The fourth-order valence-electron chi connectivity index (χ4n) is 3.73. The summed E-state index contributed by atoms with van der Waals surface area (Å²) in [6, 6.07) is 10.7. The van der Waals surface area contributed by atoms with Crippen molar-refractivity contribution in [3.05, 3.63) is 76.7 Å². The number of ether oxygens (including phenoxy) is 1. The molecule has 3 aromatic rings. The molecule has 0 radical (unpaired) electrons. The van der Waals surface area contributed by atoms with Crippen molar-refractivity contribution >= 4 is 16.8 Å². The summed E-state index contributed by atoms with van der Waals surface area (Å²) in [6.45, 7) is 5.69. The molecule has 29 heavy (non-hydrogen) atoms. The molecule has 0 saturated carbocycles. The maximum absolute atomic E-state index is 14.1. The lowest BCUT2D eigenvalue weighted by Gasteiger charge is -2.35. The molecule has 1 atom stereocenters. The Labute approximate surface area is 167 Å². The number of rotatable bonds is 3. The van der Waals surface area contributed by atoms with Crippen molar-refractivity contribution in [2.45, 2.75) is 45.3 Å². The molecular weight excluding hydrogens is 377 g/mol. The fraction of sp³-hybridized carbons (Fsp3) is 0.304. The van der Waals surface area contributed by atoms with Crippen LogP contribution in [-0.4, -0.2) is 22.5 Å². The van der Waals surface area contributed by atoms with Gasteiger partial charge in [0.25, 0.3) is 0 Å². The van der Waals surface area contributed by atoms with E-state index in [1.54, 1.807) is 25.1 Å². The Balaban J connectivity index is 1.73. The van der Waals surface area contributed by atoms with Crippen molar-refractivity contribution < 1.29 is 17.9 Å². The molecule has 0 amide bonds. The standard InChI is InChI=1S/C23H21F3N2O/c1-13-18(11-15-6-9-19(25)20(26)21(15)27-13)22-28-17(12-23(2,3)29-22)10-14-4-7-16(24)8-5-14/h4-9,11,17H,10,12H2,1-3H3. The van der Waals surface area contributed by atoms with Crippen LogP contribution in [0.25, 0.3) is 10.9 Å². The third-order valence-electron chi connectivity index (χ3n) is 5.08. The van der Waals surface area contributed by atoms with Gasteiger partial charge in [0.1, 0.15) is 16.9 Å². The van der Waals surface area contributed by atoms with Gasteiger partial charge < -0.3 is 4.74 Å². The molecule has 0 fully saturated rings. The highest BCUT2D eigenvalue weighted by atomic mass is 19.2. The number of nitrogens with zero attached hydrogens (tertiary/aromatic N) is 2. The Kier molecular flexibility index (Phi) is 4.81. The van der Waals surface area contributed by atoms with Crippen molar-refractivity contribution in [1.82, 2.24) is 4.98 Å². The smallest absolute Gasteiger partial charge is 0.218 e. The predicted molar refractivity (Wildman–Crippen MR) is 107 cm³/mol. The van der Waals surface area contributed by atoms with E-state index in [4.69, 9.17) is 9.73 Å². The van der Waals surface area contributed by atoms with Crippen LogP contribution in [-0.2, 0) is 11.2 Å². The second-order valence-corrected chi connectivity index (χ2v) is 8.04. The number of pyridine rings is 1. The Bertz CT molecular complexity index is 1110. The summed E-state index contributed by atoms with van der Waals surface area (Å²) in [5.41, 5.74) is 1.68. The van der Waals surface area contributed by atoms with Crippen LogP contribution in [0.5, 0.6) is 0 Å². The number of hydrogen-bond acceptors (Lipinski definition) is 3. The summed E-state index contributed by atoms with van der Waals surface area (Å²) in [7, 11) is 0. The fourth-order valence-corrected chi connectivity index (χ4v) is 3.73. The van der Waals surface area contributed by atoms with Gasteiger partial charge in [0.15, 0.2) is 11.6 Å². The van der Waals surface area contributed by atoms with E-state index < -0.39 is 17.2 Å². The van der Waals surface area contributed by atoms with Crippen LogP contribution in [0, 0.1) is 24.4 Å². The van der Waals surface area contributed by atoms with Gasteiger partial charge in [-0.25, -0.2) is 23.1 Å². The molecule has 0 bridgehead atoms. The van der Waals surface area contributed by atoms with E-state index in [-0.39, 0.29) is 17.4 Å². The van der Waals surface area contributed by atoms with Crippen LogP contribution in [0.1, 0.15) is 37.1 Å². The van der Waals surface area contributed by atoms with Crippen LogP contribution < -0.4 is 0 Å². The van der Waals surface area contributed by atoms with E-state index in [9.17, 15) is 13.2 Å². The van der Waals surface area contributed by atoms with Crippen LogP contribution >= 0.6 is 0 Å². The highest BCUT2D eigenvalue weighted by Crippen LogP contribution is 2.30. The van der Waals surface area contributed by atoms with Gasteiger partial charge in [0.05, 0.1) is 17.3 Å². The average molecular weight is 398 g/mol. The van der Waals surface area contributed by atoms with Gasteiger partial charge >= 0.3 is 0 Å². The number of fused-ring (bicyclic) bond motifs is 1. The minimum absolute atomic E-state index is 0.00946. The van der Waals surface area contributed by atoms with Crippen LogP contribution in [0.4, 0.5) is 13.2 Å². The maximum Gasteiger partial charge on any atom is 0.218 e. The third-order valence-corrected chi connectivity index (χ3v) is 5.08. The number of aliphatic imine (C=N–C) groups is 1. The second kappa shape index (κ2) is 7.17. The van der Waals surface area contributed by atoms with Gasteiger partial charge in [0, 0.05) is 11.8 Å². The van der Waals surface area contributed by atoms with E-state index in [2.05, 4.69) is 4.98 Å². The number of aromatic nitrogens is 1. The molecule has 0 saturated heterocycles. The first-order chi connectivity index (χ1) is 13.7. The summed E-state index contributed by atoms with van der Waals surface area (Å²) >= 11 is 0. The van der Waals surface area contributed by atoms with Crippen molar-refractivity contribution in [3.8, 4) is 0 Å². The minimum Gasteiger partial charge on any atom is -0.471 e.